The summed E-state index contributed by atoms with van der Waals surface area (Å²) in [5, 5.41) is 17.3. The van der Waals surface area contributed by atoms with Gasteiger partial charge in [0, 0.05) is 6.61 Å². The molecule has 0 radical (unpaired) electrons. The van der Waals surface area contributed by atoms with E-state index in [1.807, 2.05) is 17.7 Å². The third kappa shape index (κ3) is 2.08. The molecule has 6 nitrogen and oxygen atoms in total. The van der Waals surface area contributed by atoms with Gasteiger partial charge < -0.3 is 9.84 Å². The molecule has 1 saturated heterocycles. The molecule has 0 saturated carbocycles. The second-order valence-electron chi connectivity index (χ2n) is 4.87. The molecule has 6 heteroatoms. The van der Waals surface area contributed by atoms with Crippen molar-refractivity contribution >= 4 is 17.0 Å². The largest absolute Gasteiger partial charge is 0.478 e. The maximum Gasteiger partial charge on any atom is 0.338 e. The first-order chi connectivity index (χ1) is 9.16. The number of rotatable bonds is 2. The van der Waals surface area contributed by atoms with E-state index in [-0.39, 0.29) is 17.7 Å². The lowest BCUT2D eigenvalue weighted by molar-refractivity contribution is 0.00406. The van der Waals surface area contributed by atoms with Gasteiger partial charge in [0.05, 0.1) is 23.2 Å². The molecule has 2 atom stereocenters. The number of nitrogens with zero attached hydrogens (tertiary/aromatic N) is 3. The third-order valence-electron chi connectivity index (χ3n) is 3.54. The Morgan fingerprint density at radius 1 is 1.53 bits per heavy atom. The van der Waals surface area contributed by atoms with Gasteiger partial charge in [-0.1, -0.05) is 11.3 Å². The lowest BCUT2D eigenvalue weighted by Crippen LogP contribution is -2.26. The van der Waals surface area contributed by atoms with Crippen molar-refractivity contribution in [3.05, 3.63) is 23.8 Å². The fourth-order valence-corrected chi connectivity index (χ4v) is 2.60. The molecule has 1 aromatic heterocycles. The Labute approximate surface area is 110 Å². The van der Waals surface area contributed by atoms with E-state index in [1.54, 1.807) is 12.1 Å². The number of aromatic nitrogens is 3. The SMILES string of the molecule is CC1CC(n2nnc3c(C(=O)O)cccc32)CCO1. The quantitative estimate of drug-likeness (QED) is 0.893. The Bertz CT molecular complexity index is 623. The van der Waals surface area contributed by atoms with Gasteiger partial charge in [0.25, 0.3) is 0 Å². The molecule has 1 aliphatic heterocycles. The Balaban J connectivity index is 2.05. The molecule has 1 fully saturated rings. The zero-order valence-electron chi connectivity index (χ0n) is 10.6. The van der Waals surface area contributed by atoms with Gasteiger partial charge in [0.1, 0.15) is 5.52 Å². The van der Waals surface area contributed by atoms with Crippen molar-refractivity contribution in [2.75, 3.05) is 6.61 Å². The maximum atomic E-state index is 11.2. The van der Waals surface area contributed by atoms with Crippen LogP contribution in [0.5, 0.6) is 0 Å². The molecule has 1 aromatic carbocycles. The summed E-state index contributed by atoms with van der Waals surface area (Å²) < 4.78 is 7.36. The molecule has 3 rings (SSSR count). The second-order valence-corrected chi connectivity index (χ2v) is 4.87. The van der Waals surface area contributed by atoms with Crippen LogP contribution in [0.3, 0.4) is 0 Å². The van der Waals surface area contributed by atoms with Crippen LogP contribution in [0, 0.1) is 0 Å². The molecule has 0 bridgehead atoms. The summed E-state index contributed by atoms with van der Waals surface area (Å²) in [6, 6.07) is 5.37. The van der Waals surface area contributed by atoms with Crippen LogP contribution in [-0.4, -0.2) is 38.8 Å². The zero-order valence-corrected chi connectivity index (χ0v) is 10.6. The topological polar surface area (TPSA) is 77.2 Å². The number of ether oxygens (including phenoxy) is 1. The smallest absolute Gasteiger partial charge is 0.338 e. The molecule has 0 spiro atoms. The van der Waals surface area contributed by atoms with Gasteiger partial charge >= 0.3 is 5.97 Å². The monoisotopic (exact) mass is 261 g/mol. The van der Waals surface area contributed by atoms with Gasteiger partial charge in [-0.3, -0.25) is 0 Å². The highest BCUT2D eigenvalue weighted by molar-refractivity contribution is 6.00. The Kier molecular flexibility index (Phi) is 2.94. The van der Waals surface area contributed by atoms with Gasteiger partial charge in [0.2, 0.25) is 0 Å². The minimum Gasteiger partial charge on any atom is -0.478 e. The van der Waals surface area contributed by atoms with Gasteiger partial charge in [-0.25, -0.2) is 9.48 Å². The Morgan fingerprint density at radius 3 is 3.11 bits per heavy atom. The number of hydrogen-bond acceptors (Lipinski definition) is 4. The van der Waals surface area contributed by atoms with Crippen molar-refractivity contribution in [1.29, 1.82) is 0 Å². The molecule has 1 aliphatic rings. The summed E-state index contributed by atoms with van der Waals surface area (Å²) in [4.78, 5) is 11.2. The van der Waals surface area contributed by atoms with Gasteiger partial charge in [-0.05, 0) is 31.9 Å². The van der Waals surface area contributed by atoms with E-state index in [4.69, 9.17) is 9.84 Å². The molecular weight excluding hydrogens is 246 g/mol. The van der Waals surface area contributed by atoms with Crippen molar-refractivity contribution in [1.82, 2.24) is 15.0 Å². The van der Waals surface area contributed by atoms with Crippen molar-refractivity contribution in [2.24, 2.45) is 0 Å². The minimum atomic E-state index is -0.974. The Hall–Kier alpha value is -1.95. The fourth-order valence-electron chi connectivity index (χ4n) is 2.60. The van der Waals surface area contributed by atoms with Crippen molar-refractivity contribution in [3.63, 3.8) is 0 Å². The summed E-state index contributed by atoms with van der Waals surface area (Å²) >= 11 is 0. The average Bonchev–Trinajstić information content (AvgIpc) is 2.82. The van der Waals surface area contributed by atoms with Crippen molar-refractivity contribution in [3.8, 4) is 0 Å². The minimum absolute atomic E-state index is 0.195. The number of carbonyl (C=O) groups is 1. The number of fused-ring (bicyclic) bond motifs is 1. The highest BCUT2D eigenvalue weighted by atomic mass is 16.5. The first kappa shape index (κ1) is 12.1. The standard InChI is InChI=1S/C13H15N3O3/c1-8-7-9(5-6-19-8)16-11-4-2-3-10(13(17)18)12(11)14-15-16/h2-4,8-9H,5-7H2,1H3,(H,17,18). The normalized spacial score (nSPS) is 23.6. The predicted molar refractivity (Wildman–Crippen MR) is 68.2 cm³/mol. The Morgan fingerprint density at radius 2 is 2.37 bits per heavy atom. The van der Waals surface area contributed by atoms with Crippen LogP contribution in [0.2, 0.25) is 0 Å². The molecule has 0 aliphatic carbocycles. The van der Waals surface area contributed by atoms with Crippen LogP contribution in [0.25, 0.3) is 11.0 Å². The zero-order chi connectivity index (χ0) is 13.4. The predicted octanol–water partition coefficient (Wildman–Crippen LogP) is 1.87. The molecule has 19 heavy (non-hydrogen) atoms. The molecule has 0 amide bonds. The van der Waals surface area contributed by atoms with E-state index in [0.717, 1.165) is 18.4 Å². The lowest BCUT2D eigenvalue weighted by Gasteiger charge is -2.27. The maximum absolute atomic E-state index is 11.2. The van der Waals surface area contributed by atoms with Gasteiger partial charge in [-0.2, -0.15) is 0 Å². The van der Waals surface area contributed by atoms with Gasteiger partial charge in [0.15, 0.2) is 0 Å². The summed E-state index contributed by atoms with van der Waals surface area (Å²) in [6.45, 7) is 2.74. The fraction of sp³-hybridized carbons (Fsp3) is 0.462. The van der Waals surface area contributed by atoms with E-state index >= 15 is 0 Å². The number of benzene rings is 1. The highest BCUT2D eigenvalue weighted by Crippen LogP contribution is 2.28. The number of carboxylic acids is 1. The third-order valence-corrected chi connectivity index (χ3v) is 3.54. The van der Waals surface area contributed by atoms with E-state index in [0.29, 0.717) is 12.1 Å². The first-order valence-corrected chi connectivity index (χ1v) is 6.35. The number of aromatic carboxylic acids is 1. The van der Waals surface area contributed by atoms with E-state index in [1.165, 1.54) is 0 Å². The van der Waals surface area contributed by atoms with Crippen LogP contribution < -0.4 is 0 Å². The number of hydrogen-bond donors (Lipinski definition) is 1. The van der Waals surface area contributed by atoms with Crippen molar-refractivity contribution in [2.45, 2.75) is 31.9 Å². The van der Waals surface area contributed by atoms with Crippen LogP contribution in [0.4, 0.5) is 0 Å². The van der Waals surface area contributed by atoms with Crippen LogP contribution in [0.15, 0.2) is 18.2 Å². The average molecular weight is 261 g/mol. The van der Waals surface area contributed by atoms with Crippen LogP contribution in [-0.2, 0) is 4.74 Å². The molecule has 100 valence electrons. The first-order valence-electron chi connectivity index (χ1n) is 6.35. The molecule has 2 unspecified atom stereocenters. The summed E-state index contributed by atoms with van der Waals surface area (Å²) in [5.41, 5.74) is 1.43. The highest BCUT2D eigenvalue weighted by Gasteiger charge is 2.24. The van der Waals surface area contributed by atoms with E-state index in [9.17, 15) is 4.79 Å². The van der Waals surface area contributed by atoms with Crippen molar-refractivity contribution < 1.29 is 14.6 Å². The van der Waals surface area contributed by atoms with E-state index in [2.05, 4.69) is 10.3 Å². The van der Waals surface area contributed by atoms with Crippen LogP contribution >= 0.6 is 0 Å². The molecule has 1 N–H and O–H groups in total. The lowest BCUT2D eigenvalue weighted by atomic mass is 10.0. The summed E-state index contributed by atoms with van der Waals surface area (Å²) in [7, 11) is 0. The molecule has 2 aromatic rings. The summed E-state index contributed by atoms with van der Waals surface area (Å²) in [6.07, 6.45) is 1.94. The van der Waals surface area contributed by atoms with E-state index < -0.39 is 5.97 Å². The molecule has 2 heterocycles. The summed E-state index contributed by atoms with van der Waals surface area (Å²) in [5.74, 6) is -0.974. The molecular formula is C13H15N3O3. The van der Waals surface area contributed by atoms with Crippen LogP contribution in [0.1, 0.15) is 36.2 Å². The number of carboxylic acid groups (broad SMARTS) is 1. The second kappa shape index (κ2) is 4.62. The van der Waals surface area contributed by atoms with Gasteiger partial charge in [-0.15, -0.1) is 5.10 Å².